The molecule has 98 valence electrons. The fourth-order valence-electron chi connectivity index (χ4n) is 1.13. The molecule has 3 N–H and O–H groups in total. The molecule has 0 atom stereocenters. The van der Waals surface area contributed by atoms with E-state index in [-0.39, 0.29) is 17.3 Å². The van der Waals surface area contributed by atoms with Crippen LogP contribution in [-0.4, -0.2) is 21.5 Å². The molecule has 0 aliphatic heterocycles. The molecule has 0 aromatic heterocycles. The van der Waals surface area contributed by atoms with Gasteiger partial charge >= 0.3 is 0 Å². The van der Waals surface area contributed by atoms with Crippen LogP contribution in [0, 0.1) is 6.92 Å². The number of nitrogens with one attached hydrogen (secondary N) is 1. The van der Waals surface area contributed by atoms with Crippen LogP contribution < -0.4 is 10.5 Å². The largest absolute Gasteiger partial charge is 0.330 e. The first-order valence-corrected chi connectivity index (χ1v) is 7.21. The van der Waals surface area contributed by atoms with Gasteiger partial charge in [0, 0.05) is 11.0 Å². The minimum atomic E-state index is -3.41. The molecule has 0 aliphatic rings. The maximum absolute atomic E-state index is 11.8. The Morgan fingerprint density at radius 2 is 2.06 bits per heavy atom. The Balaban J connectivity index is 0.00000256. The number of nitrogens with two attached hydrogens (primary N) is 1. The van der Waals surface area contributed by atoms with Gasteiger partial charge in [-0.15, -0.1) is 12.4 Å². The Hall–Kier alpha value is -0.140. The van der Waals surface area contributed by atoms with Crippen molar-refractivity contribution in [2.24, 2.45) is 5.73 Å². The van der Waals surface area contributed by atoms with Gasteiger partial charge in [0.05, 0.1) is 4.90 Å². The third-order valence-electron chi connectivity index (χ3n) is 2.13. The predicted molar refractivity (Wildman–Crippen MR) is 75.0 cm³/mol. The number of aryl methyl sites for hydroxylation is 1. The molecule has 0 saturated heterocycles. The first-order chi connectivity index (χ1) is 7.47. The summed E-state index contributed by atoms with van der Waals surface area (Å²) in [6, 6.07) is 4.95. The molecule has 0 aliphatic carbocycles. The van der Waals surface area contributed by atoms with E-state index >= 15 is 0 Å². The normalized spacial score (nSPS) is 11.0. The van der Waals surface area contributed by atoms with Gasteiger partial charge < -0.3 is 5.73 Å². The zero-order valence-corrected chi connectivity index (χ0v) is 12.7. The lowest BCUT2D eigenvalue weighted by Crippen LogP contribution is -2.26. The molecular weight excluding hydrogens is 328 g/mol. The van der Waals surface area contributed by atoms with Crippen molar-refractivity contribution in [2.45, 2.75) is 18.2 Å². The zero-order chi connectivity index (χ0) is 12.2. The van der Waals surface area contributed by atoms with Gasteiger partial charge in [-0.1, -0.05) is 22.0 Å². The van der Waals surface area contributed by atoms with E-state index in [9.17, 15) is 8.42 Å². The molecule has 0 radical (unpaired) electrons. The summed E-state index contributed by atoms with van der Waals surface area (Å²) in [5, 5.41) is 0. The summed E-state index contributed by atoms with van der Waals surface area (Å²) in [6.45, 7) is 2.74. The topological polar surface area (TPSA) is 72.2 Å². The molecule has 1 rings (SSSR count). The first kappa shape index (κ1) is 16.9. The van der Waals surface area contributed by atoms with E-state index in [2.05, 4.69) is 20.7 Å². The quantitative estimate of drug-likeness (QED) is 0.801. The van der Waals surface area contributed by atoms with Gasteiger partial charge in [-0.2, -0.15) is 0 Å². The van der Waals surface area contributed by atoms with Gasteiger partial charge in [0.25, 0.3) is 0 Å². The Labute approximate surface area is 117 Å². The molecule has 0 fully saturated rings. The standard InChI is InChI=1S/C10H15BrN2O2S.ClH/c1-8-3-4-9(7-10(8)11)16(14,15)13-6-2-5-12;/h3-4,7,13H,2,5-6,12H2,1H3;1H. The highest BCUT2D eigenvalue weighted by atomic mass is 79.9. The van der Waals surface area contributed by atoms with E-state index in [1.165, 1.54) is 0 Å². The molecule has 4 nitrogen and oxygen atoms in total. The van der Waals surface area contributed by atoms with Gasteiger partial charge in [-0.05, 0) is 37.6 Å². The van der Waals surface area contributed by atoms with Gasteiger partial charge in [-0.25, -0.2) is 13.1 Å². The Morgan fingerprint density at radius 3 is 2.59 bits per heavy atom. The summed E-state index contributed by atoms with van der Waals surface area (Å²) in [6.07, 6.45) is 0.631. The van der Waals surface area contributed by atoms with Crippen molar-refractivity contribution < 1.29 is 8.42 Å². The molecule has 0 amide bonds. The summed E-state index contributed by atoms with van der Waals surface area (Å²) in [5.74, 6) is 0. The lowest BCUT2D eigenvalue weighted by atomic mass is 10.2. The predicted octanol–water partition coefficient (Wildman–Crippen LogP) is 1.81. The van der Waals surface area contributed by atoms with Crippen molar-refractivity contribution in [2.75, 3.05) is 13.1 Å². The summed E-state index contributed by atoms with van der Waals surface area (Å²) in [5.41, 5.74) is 6.30. The molecule has 0 saturated carbocycles. The van der Waals surface area contributed by atoms with Gasteiger partial charge in [-0.3, -0.25) is 0 Å². The highest BCUT2D eigenvalue weighted by Crippen LogP contribution is 2.20. The molecule has 0 heterocycles. The van der Waals surface area contributed by atoms with Crippen molar-refractivity contribution in [1.29, 1.82) is 0 Å². The second-order valence-corrected chi connectivity index (χ2v) is 6.07. The average molecular weight is 344 g/mol. The Bertz CT molecular complexity index is 465. The number of rotatable bonds is 5. The SMILES string of the molecule is Cc1ccc(S(=O)(=O)NCCCN)cc1Br.Cl. The van der Waals surface area contributed by atoms with Crippen molar-refractivity contribution in [3.63, 3.8) is 0 Å². The van der Waals surface area contributed by atoms with Crippen LogP contribution in [0.2, 0.25) is 0 Å². The van der Waals surface area contributed by atoms with Gasteiger partial charge in [0.15, 0.2) is 0 Å². The molecule has 0 bridgehead atoms. The molecule has 1 aromatic carbocycles. The van der Waals surface area contributed by atoms with E-state index < -0.39 is 10.0 Å². The molecule has 0 unspecified atom stereocenters. The zero-order valence-electron chi connectivity index (χ0n) is 9.44. The van der Waals surface area contributed by atoms with Crippen LogP contribution in [0.1, 0.15) is 12.0 Å². The average Bonchev–Trinajstić information content (AvgIpc) is 2.22. The van der Waals surface area contributed by atoms with Crippen LogP contribution in [-0.2, 0) is 10.0 Å². The molecule has 17 heavy (non-hydrogen) atoms. The number of hydrogen-bond donors (Lipinski definition) is 2. The first-order valence-electron chi connectivity index (χ1n) is 4.93. The van der Waals surface area contributed by atoms with Crippen molar-refractivity contribution in [1.82, 2.24) is 4.72 Å². The third-order valence-corrected chi connectivity index (χ3v) is 4.44. The van der Waals surface area contributed by atoms with E-state index in [0.717, 1.165) is 10.0 Å². The molecule has 0 spiro atoms. The number of benzene rings is 1. The van der Waals surface area contributed by atoms with Crippen LogP contribution in [0.4, 0.5) is 0 Å². The van der Waals surface area contributed by atoms with E-state index in [0.29, 0.717) is 19.5 Å². The van der Waals surface area contributed by atoms with Crippen LogP contribution in [0.3, 0.4) is 0 Å². The maximum Gasteiger partial charge on any atom is 0.240 e. The lowest BCUT2D eigenvalue weighted by Gasteiger charge is -2.07. The Morgan fingerprint density at radius 1 is 1.41 bits per heavy atom. The summed E-state index contributed by atoms with van der Waals surface area (Å²) < 4.78 is 26.9. The van der Waals surface area contributed by atoms with Gasteiger partial charge in [0.1, 0.15) is 0 Å². The summed E-state index contributed by atoms with van der Waals surface area (Å²) in [7, 11) is -3.41. The minimum absolute atomic E-state index is 0. The summed E-state index contributed by atoms with van der Waals surface area (Å²) in [4.78, 5) is 0.266. The number of sulfonamides is 1. The molecule has 7 heteroatoms. The third kappa shape index (κ3) is 4.93. The van der Waals surface area contributed by atoms with Crippen molar-refractivity contribution in [3.8, 4) is 0 Å². The number of hydrogen-bond acceptors (Lipinski definition) is 3. The molecular formula is C10H16BrClN2O2S. The second kappa shape index (κ2) is 7.33. The molecule has 1 aromatic rings. The fraction of sp³-hybridized carbons (Fsp3) is 0.400. The van der Waals surface area contributed by atoms with Crippen LogP contribution in [0.5, 0.6) is 0 Å². The van der Waals surface area contributed by atoms with E-state index in [4.69, 9.17) is 5.73 Å². The fourth-order valence-corrected chi connectivity index (χ4v) is 2.76. The van der Waals surface area contributed by atoms with E-state index in [1.807, 2.05) is 6.92 Å². The van der Waals surface area contributed by atoms with Crippen molar-refractivity contribution >= 4 is 38.4 Å². The van der Waals surface area contributed by atoms with E-state index in [1.54, 1.807) is 18.2 Å². The number of halogens is 2. The van der Waals surface area contributed by atoms with Crippen molar-refractivity contribution in [3.05, 3.63) is 28.2 Å². The second-order valence-electron chi connectivity index (χ2n) is 3.45. The highest BCUT2D eigenvalue weighted by molar-refractivity contribution is 9.10. The lowest BCUT2D eigenvalue weighted by molar-refractivity contribution is 0.579. The smallest absolute Gasteiger partial charge is 0.240 e. The maximum atomic E-state index is 11.8. The van der Waals surface area contributed by atoms with Crippen LogP contribution in [0.15, 0.2) is 27.6 Å². The van der Waals surface area contributed by atoms with Crippen LogP contribution >= 0.6 is 28.3 Å². The van der Waals surface area contributed by atoms with Crippen LogP contribution in [0.25, 0.3) is 0 Å². The van der Waals surface area contributed by atoms with Gasteiger partial charge in [0.2, 0.25) is 10.0 Å². The highest BCUT2D eigenvalue weighted by Gasteiger charge is 2.13. The minimum Gasteiger partial charge on any atom is -0.330 e. The monoisotopic (exact) mass is 342 g/mol. The summed E-state index contributed by atoms with van der Waals surface area (Å²) >= 11 is 3.31. The Kier molecular flexibility index (Phi) is 7.27.